The van der Waals surface area contributed by atoms with Gasteiger partial charge in [-0.2, -0.15) is 0 Å². The average molecular weight is 377 g/mol. The van der Waals surface area contributed by atoms with Crippen LogP contribution < -0.4 is 20.1 Å². The highest BCUT2D eigenvalue weighted by atomic mass is 35.5. The van der Waals surface area contributed by atoms with Crippen molar-refractivity contribution in [3.05, 3.63) is 52.8 Å². The van der Waals surface area contributed by atoms with Crippen LogP contribution in [-0.4, -0.2) is 25.5 Å². The van der Waals surface area contributed by atoms with E-state index in [1.807, 2.05) is 0 Å². The van der Waals surface area contributed by atoms with Gasteiger partial charge in [0.1, 0.15) is 5.75 Å². The maximum Gasteiger partial charge on any atom is 0.262 e. The molecule has 1 heterocycles. The van der Waals surface area contributed by atoms with Crippen LogP contribution in [0, 0.1) is 5.82 Å². The Bertz CT molecular complexity index is 914. The molecular weight excluding hydrogens is 363 g/mol. The van der Waals surface area contributed by atoms with Crippen molar-refractivity contribution in [1.29, 1.82) is 0 Å². The zero-order chi connectivity index (χ0) is 18.7. The molecule has 134 valence electrons. The van der Waals surface area contributed by atoms with Crippen LogP contribution in [0.3, 0.4) is 0 Å². The third kappa shape index (κ3) is 3.94. The second-order valence-electron chi connectivity index (χ2n) is 5.38. The summed E-state index contributed by atoms with van der Waals surface area (Å²) in [5.74, 6) is -0.722. The zero-order valence-electron chi connectivity index (χ0n) is 13.6. The molecule has 2 aromatic carbocycles. The van der Waals surface area contributed by atoms with Crippen molar-refractivity contribution in [3.8, 4) is 11.5 Å². The number of hydrogen-bond acceptors (Lipinski definition) is 4. The van der Waals surface area contributed by atoms with E-state index in [0.29, 0.717) is 22.7 Å². The number of nitrogens with one attached hydrogen (secondary N) is 2. The molecule has 8 heteroatoms. The standard InChI is InChI=1S/C18H14ClFN2O4/c1-25-15-4-2-10(6-12(15)20)3-5-17(23)21-13-8-16-14(7-11(13)19)22-18(24)9-26-16/h2-8H,9H2,1H3,(H,21,23)(H,22,24)/b5-3+. The molecule has 26 heavy (non-hydrogen) atoms. The highest BCUT2D eigenvalue weighted by Gasteiger charge is 2.18. The lowest BCUT2D eigenvalue weighted by Gasteiger charge is -2.19. The van der Waals surface area contributed by atoms with Gasteiger partial charge in [0.2, 0.25) is 5.91 Å². The fraction of sp³-hybridized carbons (Fsp3) is 0.111. The minimum Gasteiger partial charge on any atom is -0.494 e. The van der Waals surface area contributed by atoms with Crippen molar-refractivity contribution >= 4 is 40.9 Å². The molecule has 2 amide bonds. The molecule has 0 atom stereocenters. The van der Waals surface area contributed by atoms with Gasteiger partial charge in [0, 0.05) is 12.1 Å². The number of fused-ring (bicyclic) bond motifs is 1. The van der Waals surface area contributed by atoms with Gasteiger partial charge in [0.05, 0.1) is 23.5 Å². The van der Waals surface area contributed by atoms with Crippen molar-refractivity contribution in [2.24, 2.45) is 0 Å². The first-order chi connectivity index (χ1) is 12.5. The van der Waals surface area contributed by atoms with Gasteiger partial charge in [-0.25, -0.2) is 4.39 Å². The lowest BCUT2D eigenvalue weighted by molar-refractivity contribution is -0.118. The Morgan fingerprint density at radius 2 is 2.19 bits per heavy atom. The maximum absolute atomic E-state index is 13.6. The predicted octanol–water partition coefficient (Wildman–Crippen LogP) is 3.47. The summed E-state index contributed by atoms with van der Waals surface area (Å²) in [4.78, 5) is 23.4. The molecule has 1 aliphatic heterocycles. The molecule has 0 radical (unpaired) electrons. The van der Waals surface area contributed by atoms with Crippen molar-refractivity contribution in [2.45, 2.75) is 0 Å². The van der Waals surface area contributed by atoms with E-state index in [1.54, 1.807) is 6.07 Å². The van der Waals surface area contributed by atoms with Gasteiger partial charge >= 0.3 is 0 Å². The minimum absolute atomic E-state index is 0.106. The van der Waals surface area contributed by atoms with Crippen LogP contribution in [0.2, 0.25) is 5.02 Å². The lowest BCUT2D eigenvalue weighted by atomic mass is 10.2. The number of rotatable bonds is 4. The number of carbonyl (C=O) groups excluding carboxylic acids is 2. The number of carbonyl (C=O) groups is 2. The van der Waals surface area contributed by atoms with E-state index in [0.717, 1.165) is 0 Å². The lowest BCUT2D eigenvalue weighted by Crippen LogP contribution is -2.25. The molecule has 0 bridgehead atoms. The summed E-state index contributed by atoms with van der Waals surface area (Å²) in [5, 5.41) is 5.47. The van der Waals surface area contributed by atoms with Crippen LogP contribution in [0.4, 0.5) is 15.8 Å². The summed E-state index contributed by atoms with van der Waals surface area (Å²) in [6, 6.07) is 7.36. The molecule has 6 nitrogen and oxygen atoms in total. The Kier molecular flexibility index (Phi) is 5.09. The minimum atomic E-state index is -0.521. The topological polar surface area (TPSA) is 76.7 Å². The van der Waals surface area contributed by atoms with Gasteiger partial charge in [-0.1, -0.05) is 17.7 Å². The van der Waals surface area contributed by atoms with Crippen LogP contribution in [0.1, 0.15) is 5.56 Å². The first kappa shape index (κ1) is 17.8. The molecule has 0 aromatic heterocycles. The van der Waals surface area contributed by atoms with Crippen molar-refractivity contribution in [3.63, 3.8) is 0 Å². The van der Waals surface area contributed by atoms with E-state index < -0.39 is 11.7 Å². The molecule has 0 aliphatic carbocycles. The quantitative estimate of drug-likeness (QED) is 0.801. The van der Waals surface area contributed by atoms with Crippen LogP contribution in [0.5, 0.6) is 11.5 Å². The Labute approximate surface area is 153 Å². The fourth-order valence-electron chi connectivity index (χ4n) is 2.33. The van der Waals surface area contributed by atoms with Gasteiger partial charge in [0.25, 0.3) is 5.91 Å². The Morgan fingerprint density at radius 3 is 2.92 bits per heavy atom. The number of benzene rings is 2. The van der Waals surface area contributed by atoms with E-state index in [2.05, 4.69) is 10.6 Å². The smallest absolute Gasteiger partial charge is 0.262 e. The fourth-order valence-corrected chi connectivity index (χ4v) is 2.54. The SMILES string of the molecule is COc1ccc(/C=C/C(=O)Nc2cc3c(cc2Cl)NC(=O)CO3)cc1F. The first-order valence-corrected chi connectivity index (χ1v) is 7.93. The second kappa shape index (κ2) is 7.45. The van der Waals surface area contributed by atoms with Crippen molar-refractivity contribution < 1.29 is 23.5 Å². The summed E-state index contributed by atoms with van der Waals surface area (Å²) in [5.41, 5.74) is 1.27. The van der Waals surface area contributed by atoms with Crippen molar-refractivity contribution in [1.82, 2.24) is 0 Å². The molecule has 1 aliphatic rings. The van der Waals surface area contributed by atoms with Gasteiger partial charge < -0.3 is 20.1 Å². The highest BCUT2D eigenvalue weighted by Crippen LogP contribution is 2.36. The summed E-state index contributed by atoms with van der Waals surface area (Å²) in [6.45, 7) is -0.106. The third-order valence-corrected chi connectivity index (χ3v) is 3.88. The molecule has 3 rings (SSSR count). The normalized spacial score (nSPS) is 13.0. The van der Waals surface area contributed by atoms with E-state index in [9.17, 15) is 14.0 Å². The third-order valence-electron chi connectivity index (χ3n) is 3.56. The van der Waals surface area contributed by atoms with Crippen LogP contribution in [0.25, 0.3) is 6.08 Å². The molecule has 2 N–H and O–H groups in total. The largest absolute Gasteiger partial charge is 0.494 e. The number of anilines is 2. The Morgan fingerprint density at radius 1 is 1.38 bits per heavy atom. The number of methoxy groups -OCH3 is 1. The number of hydrogen-bond donors (Lipinski definition) is 2. The molecule has 0 saturated carbocycles. The summed E-state index contributed by atoms with van der Waals surface area (Å²) < 4.78 is 23.8. The van der Waals surface area contributed by atoms with Gasteiger partial charge in [0.15, 0.2) is 18.2 Å². The number of halogens is 2. The van der Waals surface area contributed by atoms with Crippen LogP contribution in [-0.2, 0) is 9.59 Å². The molecule has 0 spiro atoms. The first-order valence-electron chi connectivity index (χ1n) is 7.55. The molecular formula is C18H14ClFN2O4. The predicted molar refractivity (Wildman–Crippen MR) is 96.2 cm³/mol. The molecule has 0 saturated heterocycles. The van der Waals surface area contributed by atoms with Crippen LogP contribution >= 0.6 is 11.6 Å². The molecule has 2 aromatic rings. The highest BCUT2D eigenvalue weighted by molar-refractivity contribution is 6.34. The number of ether oxygens (including phenoxy) is 2. The monoisotopic (exact) mass is 376 g/mol. The van der Waals surface area contributed by atoms with Gasteiger partial charge in [-0.15, -0.1) is 0 Å². The molecule has 0 fully saturated rings. The number of amides is 2. The van der Waals surface area contributed by atoms with Gasteiger partial charge in [-0.05, 0) is 29.8 Å². The van der Waals surface area contributed by atoms with Gasteiger partial charge in [-0.3, -0.25) is 9.59 Å². The van der Waals surface area contributed by atoms with E-state index >= 15 is 0 Å². The Balaban J connectivity index is 1.72. The second-order valence-corrected chi connectivity index (χ2v) is 5.79. The summed E-state index contributed by atoms with van der Waals surface area (Å²) >= 11 is 6.12. The maximum atomic E-state index is 13.6. The van der Waals surface area contributed by atoms with E-state index in [4.69, 9.17) is 21.1 Å². The van der Waals surface area contributed by atoms with E-state index in [1.165, 1.54) is 43.5 Å². The molecule has 0 unspecified atom stereocenters. The zero-order valence-corrected chi connectivity index (χ0v) is 14.4. The summed E-state index contributed by atoms with van der Waals surface area (Å²) in [6.07, 6.45) is 2.71. The van der Waals surface area contributed by atoms with E-state index in [-0.39, 0.29) is 23.3 Å². The van der Waals surface area contributed by atoms with Crippen molar-refractivity contribution in [2.75, 3.05) is 24.4 Å². The Hall–Kier alpha value is -3.06. The average Bonchev–Trinajstić information content (AvgIpc) is 2.61. The van der Waals surface area contributed by atoms with Crippen LogP contribution in [0.15, 0.2) is 36.4 Å². The summed E-state index contributed by atoms with van der Waals surface area (Å²) in [7, 11) is 1.37.